The lowest BCUT2D eigenvalue weighted by atomic mass is 9.98. The number of hydrogen-bond donors (Lipinski definition) is 1. The predicted octanol–water partition coefficient (Wildman–Crippen LogP) is 3.42. The average molecular weight is 355 g/mol. The fourth-order valence-corrected chi connectivity index (χ4v) is 4.57. The summed E-state index contributed by atoms with van der Waals surface area (Å²) in [5.41, 5.74) is 4.17. The number of piperidine rings is 1. The van der Waals surface area contributed by atoms with Gasteiger partial charge in [-0.2, -0.15) is 0 Å². The number of carbonyl (C=O) groups is 2. The highest BCUT2D eigenvalue weighted by Gasteiger charge is 2.25. The van der Waals surface area contributed by atoms with Crippen molar-refractivity contribution in [2.45, 2.75) is 38.5 Å². The number of nitrogens with zero attached hydrogens (tertiary/aromatic N) is 2. The molecule has 1 aromatic heterocycles. The van der Waals surface area contributed by atoms with E-state index in [1.54, 1.807) is 18.3 Å². The molecule has 3 heterocycles. The number of nitrogens with one attached hydrogen (secondary N) is 1. The molecule has 25 heavy (non-hydrogen) atoms. The monoisotopic (exact) mass is 355 g/mol. The standard InChI is InChI=1S/C19H21N3O2S/c1-12(23)22-8-2-3-15(10-22)19-21-17(11-25-19)14-4-6-16-13(9-14)5-7-18(24)20-16/h4,6,9,11,15H,2-3,5,7-8,10H2,1H3,(H,20,24). The number of anilines is 1. The van der Waals surface area contributed by atoms with Gasteiger partial charge in [0.2, 0.25) is 11.8 Å². The highest BCUT2D eigenvalue weighted by molar-refractivity contribution is 7.10. The van der Waals surface area contributed by atoms with Gasteiger partial charge in [0, 0.05) is 49.0 Å². The molecule has 2 amide bonds. The lowest BCUT2D eigenvalue weighted by Crippen LogP contribution is -2.37. The first-order chi connectivity index (χ1) is 12.1. The third-order valence-corrected chi connectivity index (χ3v) is 6.04. The van der Waals surface area contributed by atoms with Gasteiger partial charge in [-0.25, -0.2) is 4.98 Å². The second kappa shape index (κ2) is 6.59. The summed E-state index contributed by atoms with van der Waals surface area (Å²) < 4.78 is 0. The van der Waals surface area contributed by atoms with E-state index in [1.165, 1.54) is 5.56 Å². The van der Waals surface area contributed by atoms with Gasteiger partial charge in [-0.1, -0.05) is 6.07 Å². The van der Waals surface area contributed by atoms with Crippen LogP contribution in [0.1, 0.15) is 42.7 Å². The summed E-state index contributed by atoms with van der Waals surface area (Å²) in [5, 5.41) is 6.14. The molecular weight excluding hydrogens is 334 g/mol. The molecule has 0 saturated carbocycles. The molecule has 2 aliphatic heterocycles. The number of aryl methyl sites for hydroxylation is 1. The first kappa shape index (κ1) is 16.3. The van der Waals surface area contributed by atoms with E-state index in [4.69, 9.17) is 4.98 Å². The van der Waals surface area contributed by atoms with Crippen molar-refractivity contribution in [1.82, 2.24) is 9.88 Å². The third-order valence-electron chi connectivity index (χ3n) is 5.03. The minimum absolute atomic E-state index is 0.0866. The van der Waals surface area contributed by atoms with Crippen LogP contribution in [0.25, 0.3) is 11.3 Å². The molecule has 2 aliphatic rings. The SMILES string of the molecule is CC(=O)N1CCCC(c2nc(-c3ccc4c(c3)CCC(=O)N4)cs2)C1. The molecule has 1 atom stereocenters. The molecule has 1 saturated heterocycles. The minimum Gasteiger partial charge on any atom is -0.342 e. The van der Waals surface area contributed by atoms with Crippen LogP contribution in [-0.2, 0) is 16.0 Å². The van der Waals surface area contributed by atoms with Crippen LogP contribution in [0.2, 0.25) is 0 Å². The second-order valence-corrected chi connectivity index (χ2v) is 7.68. The van der Waals surface area contributed by atoms with Crippen LogP contribution in [0.15, 0.2) is 23.6 Å². The Labute approximate surface area is 151 Å². The van der Waals surface area contributed by atoms with Gasteiger partial charge in [-0.3, -0.25) is 9.59 Å². The molecule has 4 rings (SSSR count). The number of benzene rings is 1. The summed E-state index contributed by atoms with van der Waals surface area (Å²) in [6, 6.07) is 6.13. The molecule has 0 bridgehead atoms. The molecule has 2 aromatic rings. The highest BCUT2D eigenvalue weighted by Crippen LogP contribution is 2.34. The van der Waals surface area contributed by atoms with E-state index in [-0.39, 0.29) is 11.8 Å². The Morgan fingerprint density at radius 1 is 1.36 bits per heavy atom. The number of hydrogen-bond acceptors (Lipinski definition) is 4. The lowest BCUT2D eigenvalue weighted by Gasteiger charge is -2.30. The van der Waals surface area contributed by atoms with Gasteiger partial charge in [0.1, 0.15) is 0 Å². The van der Waals surface area contributed by atoms with E-state index >= 15 is 0 Å². The van der Waals surface area contributed by atoms with Gasteiger partial charge in [-0.05, 0) is 37.0 Å². The van der Waals surface area contributed by atoms with Crippen molar-refractivity contribution in [3.05, 3.63) is 34.2 Å². The number of amides is 2. The zero-order valence-electron chi connectivity index (χ0n) is 14.2. The van der Waals surface area contributed by atoms with Crippen molar-refractivity contribution < 1.29 is 9.59 Å². The fraction of sp³-hybridized carbons (Fsp3) is 0.421. The number of aromatic nitrogens is 1. The van der Waals surface area contributed by atoms with Crippen molar-refractivity contribution in [3.63, 3.8) is 0 Å². The maximum Gasteiger partial charge on any atom is 0.224 e. The Morgan fingerprint density at radius 3 is 3.08 bits per heavy atom. The Kier molecular flexibility index (Phi) is 4.29. The smallest absolute Gasteiger partial charge is 0.224 e. The first-order valence-corrected chi connectivity index (χ1v) is 9.62. The van der Waals surface area contributed by atoms with Crippen molar-refractivity contribution in [2.24, 2.45) is 0 Å². The van der Waals surface area contributed by atoms with Gasteiger partial charge < -0.3 is 10.2 Å². The molecule has 0 radical (unpaired) electrons. The van der Waals surface area contributed by atoms with E-state index in [0.717, 1.165) is 54.3 Å². The topological polar surface area (TPSA) is 62.3 Å². The van der Waals surface area contributed by atoms with E-state index in [2.05, 4.69) is 16.8 Å². The Bertz CT molecular complexity index is 830. The Balaban J connectivity index is 1.55. The molecule has 6 heteroatoms. The van der Waals surface area contributed by atoms with E-state index in [1.807, 2.05) is 17.0 Å². The number of likely N-dealkylation sites (tertiary alicyclic amines) is 1. The molecule has 1 N–H and O–H groups in total. The summed E-state index contributed by atoms with van der Waals surface area (Å²) in [7, 11) is 0. The highest BCUT2D eigenvalue weighted by atomic mass is 32.1. The van der Waals surface area contributed by atoms with Crippen molar-refractivity contribution in [3.8, 4) is 11.3 Å². The number of fused-ring (bicyclic) bond motifs is 1. The van der Waals surface area contributed by atoms with Gasteiger partial charge in [0.15, 0.2) is 0 Å². The van der Waals surface area contributed by atoms with Crippen molar-refractivity contribution in [2.75, 3.05) is 18.4 Å². The summed E-state index contributed by atoms with van der Waals surface area (Å²) in [5.74, 6) is 0.579. The summed E-state index contributed by atoms with van der Waals surface area (Å²) in [4.78, 5) is 29.9. The first-order valence-electron chi connectivity index (χ1n) is 8.74. The molecule has 5 nitrogen and oxygen atoms in total. The van der Waals surface area contributed by atoms with Gasteiger partial charge in [0.25, 0.3) is 0 Å². The van der Waals surface area contributed by atoms with Crippen molar-refractivity contribution >= 4 is 28.8 Å². The van der Waals surface area contributed by atoms with Gasteiger partial charge >= 0.3 is 0 Å². The normalized spacial score (nSPS) is 20.1. The molecule has 130 valence electrons. The average Bonchev–Trinajstić information content (AvgIpc) is 3.11. The summed E-state index contributed by atoms with van der Waals surface area (Å²) >= 11 is 1.68. The summed E-state index contributed by atoms with van der Waals surface area (Å²) in [6.07, 6.45) is 3.45. The van der Waals surface area contributed by atoms with Crippen LogP contribution >= 0.6 is 11.3 Å². The van der Waals surface area contributed by atoms with E-state index < -0.39 is 0 Å². The van der Waals surface area contributed by atoms with Crippen LogP contribution in [0.5, 0.6) is 0 Å². The van der Waals surface area contributed by atoms with Gasteiger partial charge in [-0.15, -0.1) is 11.3 Å². The zero-order chi connectivity index (χ0) is 17.4. The number of thiazole rings is 1. The lowest BCUT2D eigenvalue weighted by molar-refractivity contribution is -0.130. The maximum absolute atomic E-state index is 11.6. The third kappa shape index (κ3) is 3.31. The number of carbonyl (C=O) groups excluding carboxylic acids is 2. The van der Waals surface area contributed by atoms with Crippen LogP contribution in [-0.4, -0.2) is 34.8 Å². The van der Waals surface area contributed by atoms with Crippen LogP contribution < -0.4 is 5.32 Å². The maximum atomic E-state index is 11.6. The number of rotatable bonds is 2. The second-order valence-electron chi connectivity index (χ2n) is 6.80. The Morgan fingerprint density at radius 2 is 2.24 bits per heavy atom. The molecule has 0 spiro atoms. The molecule has 1 unspecified atom stereocenters. The predicted molar refractivity (Wildman–Crippen MR) is 98.7 cm³/mol. The zero-order valence-corrected chi connectivity index (χ0v) is 15.1. The van der Waals surface area contributed by atoms with Crippen molar-refractivity contribution in [1.29, 1.82) is 0 Å². The minimum atomic E-state index is 0.0866. The molecular formula is C19H21N3O2S. The molecule has 0 aliphatic carbocycles. The largest absolute Gasteiger partial charge is 0.342 e. The van der Waals surface area contributed by atoms with Gasteiger partial charge in [0.05, 0.1) is 10.7 Å². The van der Waals surface area contributed by atoms with Crippen LogP contribution in [0, 0.1) is 0 Å². The quantitative estimate of drug-likeness (QED) is 0.898. The van der Waals surface area contributed by atoms with Crippen LogP contribution in [0.4, 0.5) is 5.69 Å². The summed E-state index contributed by atoms with van der Waals surface area (Å²) in [6.45, 7) is 3.28. The van der Waals surface area contributed by atoms with Crippen LogP contribution in [0.3, 0.4) is 0 Å². The van der Waals surface area contributed by atoms with E-state index in [9.17, 15) is 9.59 Å². The molecule has 1 aromatic carbocycles. The van der Waals surface area contributed by atoms with E-state index in [0.29, 0.717) is 12.3 Å². The molecule has 1 fully saturated rings. The Hall–Kier alpha value is -2.21. The fourth-order valence-electron chi connectivity index (χ4n) is 3.62.